The number of hydrogen-bond acceptors (Lipinski definition) is 5. The molecule has 0 unspecified atom stereocenters. The lowest BCUT2D eigenvalue weighted by molar-refractivity contribution is -0.890. The van der Waals surface area contributed by atoms with E-state index in [-0.39, 0.29) is 11.5 Å². The van der Waals surface area contributed by atoms with Gasteiger partial charge in [0.1, 0.15) is 0 Å². The minimum absolute atomic E-state index is 0.132. The van der Waals surface area contributed by atoms with Crippen LogP contribution in [0.3, 0.4) is 0 Å². The first-order valence-corrected chi connectivity index (χ1v) is 14.2. The molecule has 0 aromatic rings. The normalized spacial score (nSPS) is 12.5. The summed E-state index contributed by atoms with van der Waals surface area (Å²) in [6.07, 6.45) is 14.3. The first kappa shape index (κ1) is 31.0. The van der Waals surface area contributed by atoms with Gasteiger partial charge < -0.3 is 9.04 Å². The fraction of sp³-hybridized carbons (Fsp3) is 1.00. The molecule has 29 heavy (non-hydrogen) atoms. The molecule has 0 aromatic carbocycles. The van der Waals surface area contributed by atoms with E-state index in [9.17, 15) is 21.4 Å². The Kier molecular flexibility index (Phi) is 18.6. The maximum absolute atomic E-state index is 10.6. The number of nitrogens with zero attached hydrogens (tertiary/aromatic N) is 1. The van der Waals surface area contributed by atoms with Crippen LogP contribution in [0.5, 0.6) is 0 Å². The summed E-state index contributed by atoms with van der Waals surface area (Å²) in [7, 11) is -3.49. The van der Waals surface area contributed by atoms with Gasteiger partial charge >= 0.3 is 0 Å². The summed E-state index contributed by atoms with van der Waals surface area (Å²) in [5.74, 6) is -0.361. The van der Waals surface area contributed by atoms with E-state index in [1.165, 1.54) is 64.2 Å². The van der Waals surface area contributed by atoms with Gasteiger partial charge in [0.25, 0.3) is 10.1 Å². The quantitative estimate of drug-likeness (QED) is 0.198. The molecule has 0 radical (unpaired) electrons. The van der Waals surface area contributed by atoms with Gasteiger partial charge in [-0.05, 0) is 19.3 Å². The van der Waals surface area contributed by atoms with Crippen molar-refractivity contribution in [3.63, 3.8) is 0 Å². The van der Waals surface area contributed by atoms with Crippen LogP contribution in [0.4, 0.5) is 0 Å². The van der Waals surface area contributed by atoms with Crippen LogP contribution in [0.2, 0.25) is 0 Å². The Balaban J connectivity index is 0. The van der Waals surface area contributed by atoms with Crippen molar-refractivity contribution in [1.82, 2.24) is 0 Å². The summed E-state index contributed by atoms with van der Waals surface area (Å²) in [6.45, 7) is 5.77. The largest absolute Gasteiger partial charge is 0.748 e. The number of hydrogen-bond donors (Lipinski definition) is 1. The summed E-state index contributed by atoms with van der Waals surface area (Å²) < 4.78 is 60.2. The molecular formula is C20H45NO6S2. The van der Waals surface area contributed by atoms with Crippen LogP contribution in [-0.2, 0) is 20.2 Å². The molecular weight excluding hydrogens is 414 g/mol. The zero-order chi connectivity index (χ0) is 22.8. The van der Waals surface area contributed by atoms with Crippen LogP contribution in [-0.4, -0.2) is 69.1 Å². The first-order valence-electron chi connectivity index (χ1n) is 11.0. The molecule has 0 rings (SSSR count). The minimum atomic E-state index is -4.05. The van der Waals surface area contributed by atoms with Crippen molar-refractivity contribution in [3.05, 3.63) is 0 Å². The molecule has 0 amide bonds. The van der Waals surface area contributed by atoms with Crippen LogP contribution in [0, 0.1) is 0 Å². The Morgan fingerprint density at radius 2 is 1.07 bits per heavy atom. The first-order chi connectivity index (χ1) is 13.3. The van der Waals surface area contributed by atoms with Crippen molar-refractivity contribution < 1.29 is 30.4 Å². The average Bonchev–Trinajstić information content (AvgIpc) is 2.54. The summed E-state index contributed by atoms with van der Waals surface area (Å²) in [5.41, 5.74) is 0. The SMILES string of the molecule is CCCCCCCCCCCC[N+](C)(C)CCCS(=O)(=O)[O-].CCCS(=O)(=O)O. The Bertz CT molecular complexity index is 574. The smallest absolute Gasteiger partial charge is 0.264 e. The van der Waals surface area contributed by atoms with E-state index in [1.807, 2.05) is 0 Å². The molecule has 0 atom stereocenters. The van der Waals surface area contributed by atoms with Crippen molar-refractivity contribution in [2.45, 2.75) is 90.9 Å². The van der Waals surface area contributed by atoms with Gasteiger partial charge in [-0.15, -0.1) is 0 Å². The van der Waals surface area contributed by atoms with Gasteiger partial charge in [-0.1, -0.05) is 65.2 Å². The molecule has 0 saturated heterocycles. The summed E-state index contributed by atoms with van der Waals surface area (Å²) in [4.78, 5) is 0. The minimum Gasteiger partial charge on any atom is -0.748 e. The van der Waals surface area contributed by atoms with Crippen LogP contribution in [0.1, 0.15) is 90.9 Å². The molecule has 0 fully saturated rings. The fourth-order valence-electron chi connectivity index (χ4n) is 3.07. The maximum Gasteiger partial charge on any atom is 0.264 e. The maximum atomic E-state index is 10.6. The predicted octanol–water partition coefficient (Wildman–Crippen LogP) is 4.20. The van der Waals surface area contributed by atoms with Crippen molar-refractivity contribution in [2.24, 2.45) is 0 Å². The van der Waals surface area contributed by atoms with E-state index in [0.29, 0.717) is 12.8 Å². The van der Waals surface area contributed by atoms with Gasteiger partial charge in [-0.3, -0.25) is 4.55 Å². The molecule has 7 nitrogen and oxygen atoms in total. The Morgan fingerprint density at radius 1 is 0.655 bits per heavy atom. The zero-order valence-corrected chi connectivity index (χ0v) is 20.7. The van der Waals surface area contributed by atoms with Gasteiger partial charge in [-0.2, -0.15) is 8.42 Å². The second kappa shape index (κ2) is 17.5. The summed E-state index contributed by atoms with van der Waals surface area (Å²) in [5, 5.41) is 0. The van der Waals surface area contributed by atoms with Crippen molar-refractivity contribution >= 4 is 20.2 Å². The van der Waals surface area contributed by atoms with E-state index < -0.39 is 20.2 Å². The van der Waals surface area contributed by atoms with E-state index in [4.69, 9.17) is 4.55 Å². The van der Waals surface area contributed by atoms with Crippen molar-refractivity contribution in [2.75, 3.05) is 38.7 Å². The molecule has 9 heteroatoms. The molecule has 0 heterocycles. The average molecular weight is 460 g/mol. The van der Waals surface area contributed by atoms with Crippen LogP contribution in [0.25, 0.3) is 0 Å². The van der Waals surface area contributed by atoms with E-state index in [2.05, 4.69) is 21.0 Å². The standard InChI is InChI=1S/C17H37NO3S.C3H8O3S/c1-4-5-6-7-8-9-10-11-12-13-15-18(2,3)16-14-17-22(19,20)21;1-2-3-7(4,5)6/h4-17H2,1-3H3;2-3H2,1H3,(H,4,5,6). The lowest BCUT2D eigenvalue weighted by Gasteiger charge is -2.30. The highest BCUT2D eigenvalue weighted by Gasteiger charge is 2.14. The van der Waals surface area contributed by atoms with Crippen LogP contribution < -0.4 is 0 Å². The molecule has 0 saturated carbocycles. The van der Waals surface area contributed by atoms with Gasteiger partial charge in [0.05, 0.1) is 43.1 Å². The van der Waals surface area contributed by atoms with E-state index in [1.54, 1.807) is 6.92 Å². The van der Waals surface area contributed by atoms with Crippen molar-refractivity contribution in [3.8, 4) is 0 Å². The number of unbranched alkanes of at least 4 members (excludes halogenated alkanes) is 9. The predicted molar refractivity (Wildman–Crippen MR) is 120 cm³/mol. The highest BCUT2D eigenvalue weighted by Crippen LogP contribution is 2.12. The zero-order valence-electron chi connectivity index (χ0n) is 19.1. The molecule has 0 aromatic heterocycles. The third kappa shape index (κ3) is 30.1. The Hall–Kier alpha value is -0.220. The summed E-state index contributed by atoms with van der Waals surface area (Å²) >= 11 is 0. The summed E-state index contributed by atoms with van der Waals surface area (Å²) in [6, 6.07) is 0. The van der Waals surface area contributed by atoms with Crippen LogP contribution in [0.15, 0.2) is 0 Å². The lowest BCUT2D eigenvalue weighted by Crippen LogP contribution is -2.41. The van der Waals surface area contributed by atoms with Crippen molar-refractivity contribution in [1.29, 1.82) is 0 Å². The Morgan fingerprint density at radius 3 is 1.41 bits per heavy atom. The third-order valence-corrected chi connectivity index (χ3v) is 6.45. The van der Waals surface area contributed by atoms with Crippen LogP contribution >= 0.6 is 0 Å². The van der Waals surface area contributed by atoms with E-state index in [0.717, 1.165) is 17.6 Å². The molecule has 1 N–H and O–H groups in total. The number of quaternary nitrogens is 1. The second-order valence-corrected chi connectivity index (χ2v) is 11.6. The highest BCUT2D eigenvalue weighted by molar-refractivity contribution is 7.85. The lowest BCUT2D eigenvalue weighted by atomic mass is 10.1. The monoisotopic (exact) mass is 459 g/mol. The van der Waals surface area contributed by atoms with Gasteiger partial charge in [0, 0.05) is 12.2 Å². The topological polar surface area (TPSA) is 112 Å². The van der Waals surface area contributed by atoms with Gasteiger partial charge in [-0.25, -0.2) is 8.42 Å². The van der Waals surface area contributed by atoms with Gasteiger partial charge in [0.15, 0.2) is 0 Å². The molecule has 0 aliphatic heterocycles. The van der Waals surface area contributed by atoms with E-state index >= 15 is 0 Å². The molecule has 0 aliphatic rings. The Labute approximate surface area is 180 Å². The third-order valence-electron chi connectivity index (χ3n) is 4.74. The molecule has 0 aliphatic carbocycles. The molecule has 0 bridgehead atoms. The second-order valence-electron chi connectivity index (χ2n) is 8.47. The number of rotatable bonds is 17. The highest BCUT2D eigenvalue weighted by atomic mass is 32.2. The molecule has 0 spiro atoms. The fourth-order valence-corrected chi connectivity index (χ4v) is 4.06. The van der Waals surface area contributed by atoms with Gasteiger partial charge in [0.2, 0.25) is 0 Å². The molecule has 178 valence electrons.